The maximum absolute atomic E-state index is 11.3. The molecule has 82 valence electrons. The van der Waals surface area contributed by atoms with Crippen LogP contribution in [-0.4, -0.2) is 37.6 Å². The van der Waals surface area contributed by atoms with Crippen molar-refractivity contribution in [3.8, 4) is 0 Å². The van der Waals surface area contributed by atoms with E-state index in [-0.39, 0.29) is 11.8 Å². The monoisotopic (exact) mass is 236 g/mol. The van der Waals surface area contributed by atoms with Gasteiger partial charge in [0.05, 0.1) is 11.5 Å². The number of sulfone groups is 1. The molecule has 1 aliphatic heterocycles. The predicted octanol–water partition coefficient (Wildman–Crippen LogP) is 0.0476. The fourth-order valence-electron chi connectivity index (χ4n) is 1.53. The molecule has 0 radical (unpaired) electrons. The molecule has 14 heavy (non-hydrogen) atoms. The van der Waals surface area contributed by atoms with Crippen molar-refractivity contribution in [2.24, 2.45) is 0 Å². The van der Waals surface area contributed by atoms with Gasteiger partial charge in [0.1, 0.15) is 0 Å². The van der Waals surface area contributed by atoms with E-state index in [9.17, 15) is 8.42 Å². The maximum atomic E-state index is 11.3. The van der Waals surface area contributed by atoms with Gasteiger partial charge in [-0.3, -0.25) is 0 Å². The van der Waals surface area contributed by atoms with Gasteiger partial charge in [-0.15, -0.1) is 0 Å². The largest absolute Gasteiger partial charge is 0.363 e. The lowest BCUT2D eigenvalue weighted by molar-refractivity contribution is 0.529. The first-order valence-electron chi connectivity index (χ1n) is 4.78. The molecule has 1 fully saturated rings. The first kappa shape index (κ1) is 11.7. The SMILES string of the molecule is CCNC(=S)NC1CCCS(=O)(=O)C1. The Hall–Kier alpha value is -0.360. The average Bonchev–Trinajstić information content (AvgIpc) is 2.02. The molecule has 1 atom stereocenters. The summed E-state index contributed by atoms with van der Waals surface area (Å²) in [6, 6.07) is -0.0136. The van der Waals surface area contributed by atoms with Crippen LogP contribution >= 0.6 is 12.2 Å². The Balaban J connectivity index is 2.42. The molecule has 0 bridgehead atoms. The van der Waals surface area contributed by atoms with E-state index in [1.807, 2.05) is 6.92 Å². The van der Waals surface area contributed by atoms with Crippen molar-refractivity contribution in [3.63, 3.8) is 0 Å². The Bertz CT molecular complexity index is 300. The van der Waals surface area contributed by atoms with Crippen LogP contribution in [0.1, 0.15) is 19.8 Å². The summed E-state index contributed by atoms with van der Waals surface area (Å²) in [5, 5.41) is 6.51. The molecule has 4 nitrogen and oxygen atoms in total. The molecule has 0 spiro atoms. The van der Waals surface area contributed by atoms with Gasteiger partial charge < -0.3 is 10.6 Å². The second-order valence-electron chi connectivity index (χ2n) is 3.46. The van der Waals surface area contributed by atoms with E-state index >= 15 is 0 Å². The fourth-order valence-corrected chi connectivity index (χ4v) is 3.48. The van der Waals surface area contributed by atoms with Crippen molar-refractivity contribution < 1.29 is 8.42 Å². The molecule has 0 aromatic heterocycles. The van der Waals surface area contributed by atoms with Crippen LogP contribution in [0.5, 0.6) is 0 Å². The van der Waals surface area contributed by atoms with Crippen LogP contribution in [0.25, 0.3) is 0 Å². The van der Waals surface area contributed by atoms with Gasteiger partial charge in [-0.2, -0.15) is 0 Å². The lowest BCUT2D eigenvalue weighted by Crippen LogP contribution is -2.47. The van der Waals surface area contributed by atoms with Crippen molar-refractivity contribution in [2.75, 3.05) is 18.1 Å². The van der Waals surface area contributed by atoms with E-state index in [1.165, 1.54) is 0 Å². The zero-order valence-electron chi connectivity index (χ0n) is 8.25. The molecule has 1 rings (SSSR count). The average molecular weight is 236 g/mol. The van der Waals surface area contributed by atoms with Crippen LogP contribution in [0.2, 0.25) is 0 Å². The molecule has 0 aromatic rings. The van der Waals surface area contributed by atoms with Gasteiger partial charge in [0, 0.05) is 12.6 Å². The minimum atomic E-state index is -2.84. The topological polar surface area (TPSA) is 58.2 Å². The highest BCUT2D eigenvalue weighted by Gasteiger charge is 2.24. The molecule has 0 amide bonds. The fraction of sp³-hybridized carbons (Fsp3) is 0.875. The van der Waals surface area contributed by atoms with Gasteiger partial charge >= 0.3 is 0 Å². The van der Waals surface area contributed by atoms with Crippen LogP contribution in [0.4, 0.5) is 0 Å². The van der Waals surface area contributed by atoms with Crippen LogP contribution in [-0.2, 0) is 9.84 Å². The highest BCUT2D eigenvalue weighted by molar-refractivity contribution is 7.91. The molecule has 1 heterocycles. The molecule has 2 N–H and O–H groups in total. The molecular weight excluding hydrogens is 220 g/mol. The minimum absolute atomic E-state index is 0.0136. The smallest absolute Gasteiger partial charge is 0.166 e. The van der Waals surface area contributed by atoms with Gasteiger partial charge in [-0.05, 0) is 32.0 Å². The Kier molecular flexibility index (Phi) is 4.12. The van der Waals surface area contributed by atoms with E-state index in [2.05, 4.69) is 10.6 Å². The molecule has 1 unspecified atom stereocenters. The zero-order valence-corrected chi connectivity index (χ0v) is 9.88. The summed E-state index contributed by atoms with van der Waals surface area (Å²) in [5.74, 6) is 0.525. The molecule has 0 aliphatic carbocycles. The number of hydrogen-bond donors (Lipinski definition) is 2. The Morgan fingerprint density at radius 3 is 2.86 bits per heavy atom. The summed E-state index contributed by atoms with van der Waals surface area (Å²) in [7, 11) is -2.84. The minimum Gasteiger partial charge on any atom is -0.363 e. The van der Waals surface area contributed by atoms with E-state index in [0.29, 0.717) is 10.9 Å². The summed E-state index contributed by atoms with van der Waals surface area (Å²) < 4.78 is 22.6. The highest BCUT2D eigenvalue weighted by Crippen LogP contribution is 2.11. The lowest BCUT2D eigenvalue weighted by atomic mass is 10.2. The molecule has 6 heteroatoms. The van der Waals surface area contributed by atoms with Crippen LogP contribution < -0.4 is 10.6 Å². The van der Waals surface area contributed by atoms with E-state index in [0.717, 1.165) is 19.4 Å². The number of hydrogen-bond acceptors (Lipinski definition) is 3. The Labute approximate surface area is 90.4 Å². The van der Waals surface area contributed by atoms with Gasteiger partial charge in [0.15, 0.2) is 14.9 Å². The van der Waals surface area contributed by atoms with Crippen LogP contribution in [0.15, 0.2) is 0 Å². The Morgan fingerprint density at radius 1 is 1.57 bits per heavy atom. The summed E-state index contributed by atoms with van der Waals surface area (Å²) in [5.41, 5.74) is 0. The predicted molar refractivity (Wildman–Crippen MR) is 61.1 cm³/mol. The normalized spacial score (nSPS) is 25.4. The molecular formula is C8H16N2O2S2. The van der Waals surface area contributed by atoms with E-state index in [4.69, 9.17) is 12.2 Å². The third kappa shape index (κ3) is 3.79. The second-order valence-corrected chi connectivity index (χ2v) is 6.09. The van der Waals surface area contributed by atoms with Crippen molar-refractivity contribution >= 4 is 27.2 Å². The van der Waals surface area contributed by atoms with E-state index < -0.39 is 9.84 Å². The summed E-state index contributed by atoms with van der Waals surface area (Å²) in [4.78, 5) is 0. The number of nitrogens with one attached hydrogen (secondary N) is 2. The van der Waals surface area contributed by atoms with Crippen LogP contribution in [0.3, 0.4) is 0 Å². The standard InChI is InChI=1S/C8H16N2O2S2/c1-2-9-8(13)10-7-4-3-5-14(11,12)6-7/h7H,2-6H2,1H3,(H2,9,10,13). The number of rotatable bonds is 2. The number of thiocarbonyl (C=S) groups is 1. The molecule has 0 aromatic carbocycles. The maximum Gasteiger partial charge on any atom is 0.166 e. The van der Waals surface area contributed by atoms with Gasteiger partial charge in [0.2, 0.25) is 0 Å². The first-order valence-corrected chi connectivity index (χ1v) is 7.01. The molecule has 1 aliphatic rings. The summed E-state index contributed by atoms with van der Waals surface area (Å²) in [6.07, 6.45) is 1.61. The van der Waals surface area contributed by atoms with Crippen molar-refractivity contribution in [3.05, 3.63) is 0 Å². The van der Waals surface area contributed by atoms with Crippen molar-refractivity contribution in [1.29, 1.82) is 0 Å². The van der Waals surface area contributed by atoms with Gasteiger partial charge in [-0.25, -0.2) is 8.42 Å². The molecule has 0 saturated carbocycles. The zero-order chi connectivity index (χ0) is 10.6. The third-order valence-electron chi connectivity index (χ3n) is 2.14. The molecule has 1 saturated heterocycles. The van der Waals surface area contributed by atoms with E-state index in [1.54, 1.807) is 0 Å². The van der Waals surface area contributed by atoms with Gasteiger partial charge in [0.25, 0.3) is 0 Å². The first-order chi connectivity index (χ1) is 6.53. The van der Waals surface area contributed by atoms with Crippen LogP contribution in [0, 0.1) is 0 Å². The van der Waals surface area contributed by atoms with Gasteiger partial charge in [-0.1, -0.05) is 0 Å². The Morgan fingerprint density at radius 2 is 2.29 bits per heavy atom. The highest BCUT2D eigenvalue weighted by atomic mass is 32.2. The second kappa shape index (κ2) is 4.93. The van der Waals surface area contributed by atoms with Crippen molar-refractivity contribution in [2.45, 2.75) is 25.8 Å². The van der Waals surface area contributed by atoms with Crippen molar-refractivity contribution in [1.82, 2.24) is 10.6 Å². The quantitative estimate of drug-likeness (QED) is 0.663. The third-order valence-corrected chi connectivity index (χ3v) is 4.22. The summed E-state index contributed by atoms with van der Waals surface area (Å²) in [6.45, 7) is 2.71. The summed E-state index contributed by atoms with van der Waals surface area (Å²) >= 11 is 4.99. The lowest BCUT2D eigenvalue weighted by Gasteiger charge is -2.24.